The van der Waals surface area contributed by atoms with Crippen LogP contribution in [0.5, 0.6) is 23.0 Å². The fourth-order valence-corrected chi connectivity index (χ4v) is 6.13. The van der Waals surface area contributed by atoms with Crippen LogP contribution < -0.4 is 30.4 Å². The number of carbonyl (C=O) groups is 4. The van der Waals surface area contributed by atoms with E-state index in [1.807, 2.05) is 0 Å². The van der Waals surface area contributed by atoms with Crippen molar-refractivity contribution in [3.8, 4) is 34.1 Å². The Morgan fingerprint density at radius 3 is 1.36 bits per heavy atom. The number of hydrogen-bond acceptors (Lipinski definition) is 10. The number of ketones is 2. The minimum atomic E-state index is -4.71. The van der Waals surface area contributed by atoms with Crippen molar-refractivity contribution in [1.29, 1.82) is 0 Å². The standard InChI is InChI=1S/C49H34F8N2O8/c1-27-40(59)23-22-38(43(27)42(61)25-7-29-4-10-31(11-5-29)45(63)65-34-15-19-36(20-16-34)67-49(56,57)47(52)53)37-21-12-32(58)26-39(37)41(60)24-6-28-2-8-30(9-3-28)44(62)64-33-13-17-35(18-14-33)66-48(54,55)46(50)51/h2-26,46-47H,58-59H2,1H3/b24-6+,25-7+. The van der Waals surface area contributed by atoms with Gasteiger partial charge in [-0.3, -0.25) is 9.59 Å². The minimum absolute atomic E-state index is 0.0771. The van der Waals surface area contributed by atoms with Crippen molar-refractivity contribution in [1.82, 2.24) is 0 Å². The van der Waals surface area contributed by atoms with Crippen LogP contribution in [-0.2, 0) is 0 Å². The largest absolute Gasteiger partial charge is 0.461 e. The first-order valence-corrected chi connectivity index (χ1v) is 19.5. The summed E-state index contributed by atoms with van der Waals surface area (Å²) in [5.41, 5.74) is 15.5. The van der Waals surface area contributed by atoms with Crippen LogP contribution in [0.15, 0.2) is 140 Å². The molecule has 0 aliphatic heterocycles. The molecule has 0 aromatic heterocycles. The molecule has 0 saturated heterocycles. The first-order chi connectivity index (χ1) is 31.7. The maximum Gasteiger partial charge on any atom is 0.461 e. The summed E-state index contributed by atoms with van der Waals surface area (Å²) in [6.45, 7) is 1.64. The highest BCUT2D eigenvalue weighted by molar-refractivity contribution is 6.16. The topological polar surface area (TPSA) is 157 Å². The number of nitrogen functional groups attached to an aromatic ring is 2. The molecule has 0 heterocycles. The van der Waals surface area contributed by atoms with Gasteiger partial charge in [-0.05, 0) is 138 Å². The van der Waals surface area contributed by atoms with Gasteiger partial charge in [0.25, 0.3) is 0 Å². The summed E-state index contributed by atoms with van der Waals surface area (Å²) in [7, 11) is 0. The fraction of sp³-hybridized carbons (Fsp3) is 0.102. The van der Waals surface area contributed by atoms with Crippen LogP contribution in [0, 0.1) is 6.92 Å². The van der Waals surface area contributed by atoms with Gasteiger partial charge in [0.05, 0.1) is 11.1 Å². The van der Waals surface area contributed by atoms with Gasteiger partial charge in [-0.2, -0.15) is 35.1 Å². The van der Waals surface area contributed by atoms with Gasteiger partial charge in [-0.25, -0.2) is 9.59 Å². The van der Waals surface area contributed by atoms with E-state index in [9.17, 15) is 54.3 Å². The quantitative estimate of drug-likeness (QED) is 0.0225. The predicted molar refractivity (Wildman–Crippen MR) is 231 cm³/mol. The summed E-state index contributed by atoms with van der Waals surface area (Å²) in [4.78, 5) is 53.1. The molecule has 6 aromatic rings. The Bertz CT molecular complexity index is 2850. The van der Waals surface area contributed by atoms with E-state index in [1.54, 1.807) is 31.2 Å². The molecule has 6 aromatic carbocycles. The van der Waals surface area contributed by atoms with Crippen molar-refractivity contribution in [2.45, 2.75) is 32.0 Å². The van der Waals surface area contributed by atoms with Gasteiger partial charge in [-0.15, -0.1) is 0 Å². The molecule has 67 heavy (non-hydrogen) atoms. The first-order valence-electron chi connectivity index (χ1n) is 19.5. The summed E-state index contributed by atoms with van der Waals surface area (Å²) in [5.74, 6) is -3.93. The van der Waals surface area contributed by atoms with Crippen LogP contribution in [0.4, 0.5) is 46.5 Å². The number of hydrogen-bond donors (Lipinski definition) is 2. The minimum Gasteiger partial charge on any atom is -0.428 e. The van der Waals surface area contributed by atoms with Gasteiger partial charge in [0.1, 0.15) is 23.0 Å². The number of ether oxygens (including phenoxy) is 4. The second-order valence-electron chi connectivity index (χ2n) is 14.3. The van der Waals surface area contributed by atoms with Crippen LogP contribution in [0.1, 0.15) is 58.1 Å². The Morgan fingerprint density at radius 1 is 0.522 bits per heavy atom. The maximum atomic E-state index is 13.9. The molecule has 10 nitrogen and oxygen atoms in total. The Kier molecular flexibility index (Phi) is 14.6. The number of carbonyl (C=O) groups excluding carboxylic acids is 4. The van der Waals surface area contributed by atoms with Gasteiger partial charge in [0.2, 0.25) is 0 Å². The second-order valence-corrected chi connectivity index (χ2v) is 14.3. The highest BCUT2D eigenvalue weighted by atomic mass is 19.3. The monoisotopic (exact) mass is 930 g/mol. The summed E-state index contributed by atoms with van der Waals surface area (Å²) >= 11 is 0. The van der Waals surface area contributed by atoms with Crippen molar-refractivity contribution in [2.24, 2.45) is 0 Å². The molecule has 344 valence electrons. The molecular formula is C49H34F8N2O8. The zero-order valence-electron chi connectivity index (χ0n) is 34.5. The zero-order chi connectivity index (χ0) is 48.6. The van der Waals surface area contributed by atoms with E-state index in [2.05, 4.69) is 9.47 Å². The number of alkyl halides is 8. The van der Waals surface area contributed by atoms with E-state index >= 15 is 0 Å². The third-order valence-electron chi connectivity index (χ3n) is 9.58. The Morgan fingerprint density at radius 2 is 0.925 bits per heavy atom. The maximum absolute atomic E-state index is 13.9. The molecule has 0 aliphatic rings. The Balaban J connectivity index is 1.13. The predicted octanol–water partition coefficient (Wildman–Crippen LogP) is 11.5. The second kappa shape index (κ2) is 20.3. The number of nitrogens with two attached hydrogens (primary N) is 2. The van der Waals surface area contributed by atoms with Crippen LogP contribution in [-0.4, -0.2) is 48.6 Å². The summed E-state index contributed by atoms with van der Waals surface area (Å²) in [6.07, 6.45) is -12.0. The van der Waals surface area contributed by atoms with Crippen molar-refractivity contribution in [3.63, 3.8) is 0 Å². The number of rotatable bonds is 17. The van der Waals surface area contributed by atoms with E-state index in [0.717, 1.165) is 48.5 Å². The lowest BCUT2D eigenvalue weighted by Gasteiger charge is -2.16. The Labute approximate surface area is 375 Å². The van der Waals surface area contributed by atoms with Gasteiger partial charge in [0, 0.05) is 22.5 Å². The molecule has 4 N–H and O–H groups in total. The van der Waals surface area contributed by atoms with Crippen LogP contribution in [0.3, 0.4) is 0 Å². The average molecular weight is 931 g/mol. The molecule has 0 unspecified atom stereocenters. The number of esters is 2. The molecule has 0 bridgehead atoms. The van der Waals surface area contributed by atoms with Crippen LogP contribution >= 0.6 is 0 Å². The highest BCUT2D eigenvalue weighted by Gasteiger charge is 2.44. The molecule has 0 fully saturated rings. The summed E-state index contributed by atoms with van der Waals surface area (Å²) in [6, 6.07) is 27.6. The molecule has 0 amide bonds. The average Bonchev–Trinajstić information content (AvgIpc) is 3.29. The van der Waals surface area contributed by atoms with E-state index < -0.39 is 60.1 Å². The van der Waals surface area contributed by atoms with E-state index in [-0.39, 0.29) is 39.4 Å². The van der Waals surface area contributed by atoms with Gasteiger partial charge in [-0.1, -0.05) is 48.6 Å². The van der Waals surface area contributed by atoms with Gasteiger partial charge < -0.3 is 30.4 Å². The number of halogens is 8. The molecular weight excluding hydrogens is 897 g/mol. The van der Waals surface area contributed by atoms with Crippen molar-refractivity contribution >= 4 is 47.0 Å². The number of anilines is 2. The zero-order valence-corrected chi connectivity index (χ0v) is 34.5. The SMILES string of the molecule is Cc1c(N)ccc(-c2ccc(N)cc2C(=O)/C=C/c2ccc(C(=O)Oc3ccc(OC(F)(F)C(F)F)cc3)cc2)c1C(=O)/C=C/c1ccc(C(=O)Oc2ccc(OC(F)(F)C(F)F)cc2)cc1. The Hall–Kier alpha value is -8.28. The van der Waals surface area contributed by atoms with Crippen molar-refractivity contribution in [3.05, 3.63) is 178 Å². The third-order valence-corrected chi connectivity index (χ3v) is 9.58. The van der Waals surface area contributed by atoms with E-state index in [1.165, 1.54) is 78.9 Å². The fourth-order valence-electron chi connectivity index (χ4n) is 6.13. The first kappa shape index (κ1) is 48.2. The number of allylic oxidation sites excluding steroid dienone is 2. The van der Waals surface area contributed by atoms with Crippen LogP contribution in [0.25, 0.3) is 23.3 Å². The van der Waals surface area contributed by atoms with E-state index in [0.29, 0.717) is 33.5 Å². The molecule has 6 rings (SSSR count). The molecule has 0 aliphatic carbocycles. The molecule has 0 atom stereocenters. The highest BCUT2D eigenvalue weighted by Crippen LogP contribution is 2.35. The lowest BCUT2D eigenvalue weighted by atomic mass is 9.88. The lowest BCUT2D eigenvalue weighted by molar-refractivity contribution is -0.253. The normalized spacial score (nSPS) is 11.9. The smallest absolute Gasteiger partial charge is 0.428 e. The third kappa shape index (κ3) is 12.1. The van der Waals surface area contributed by atoms with Crippen molar-refractivity contribution < 1.29 is 73.2 Å². The number of benzene rings is 6. The molecule has 0 radical (unpaired) electrons. The molecule has 18 heteroatoms. The molecule has 0 saturated carbocycles. The van der Waals surface area contributed by atoms with E-state index in [4.69, 9.17) is 20.9 Å². The summed E-state index contributed by atoms with van der Waals surface area (Å²) in [5, 5.41) is 0. The van der Waals surface area contributed by atoms with Gasteiger partial charge >= 0.3 is 37.0 Å². The van der Waals surface area contributed by atoms with Gasteiger partial charge in [0.15, 0.2) is 11.6 Å². The summed E-state index contributed by atoms with van der Waals surface area (Å²) < 4.78 is 121. The molecule has 0 spiro atoms. The van der Waals surface area contributed by atoms with Crippen LogP contribution in [0.2, 0.25) is 0 Å². The lowest BCUT2D eigenvalue weighted by Crippen LogP contribution is -2.33. The van der Waals surface area contributed by atoms with Crippen molar-refractivity contribution in [2.75, 3.05) is 11.5 Å².